The summed E-state index contributed by atoms with van der Waals surface area (Å²) in [4.78, 5) is 4.28. The molecular weight excluding hydrogens is 204 g/mol. The Morgan fingerprint density at radius 2 is 2.53 bits per heavy atom. The summed E-state index contributed by atoms with van der Waals surface area (Å²) in [5.41, 5.74) is 3.07. The van der Waals surface area contributed by atoms with Crippen LogP contribution in [0.2, 0.25) is 0 Å². The number of hydrogen-bond donors (Lipinski definition) is 1. The summed E-state index contributed by atoms with van der Waals surface area (Å²) < 4.78 is 0. The van der Waals surface area contributed by atoms with E-state index in [1.807, 2.05) is 11.6 Å². The second-order valence-electron chi connectivity index (χ2n) is 4.17. The summed E-state index contributed by atoms with van der Waals surface area (Å²) >= 11 is 1.67. The minimum atomic E-state index is 0.671. The Morgan fingerprint density at radius 1 is 1.67 bits per heavy atom. The maximum Gasteiger partial charge on any atom is 0.0795 e. The average molecular weight is 222 g/mol. The van der Waals surface area contributed by atoms with E-state index >= 15 is 0 Å². The van der Waals surface area contributed by atoms with Crippen LogP contribution >= 0.6 is 11.3 Å². The predicted octanol–water partition coefficient (Wildman–Crippen LogP) is 2.98. The number of rotatable bonds is 7. The second-order valence-corrected chi connectivity index (χ2v) is 4.89. The standard InChI is InChI=1S/C12H18N2S/c1-2-3-4-12(10-5-6-10)13-7-11-8-15-9-14-11/h2,8-10,12-13H,1,3-7H2. The average Bonchev–Trinajstić information content (AvgIpc) is 2.95. The fraction of sp³-hybridized carbons (Fsp3) is 0.583. The molecule has 2 rings (SSSR count). The Morgan fingerprint density at radius 3 is 3.13 bits per heavy atom. The van der Waals surface area contributed by atoms with Gasteiger partial charge in [-0.15, -0.1) is 17.9 Å². The van der Waals surface area contributed by atoms with Gasteiger partial charge in [0.05, 0.1) is 11.2 Å². The lowest BCUT2D eigenvalue weighted by Crippen LogP contribution is -2.30. The molecule has 0 aliphatic heterocycles. The number of thiazole rings is 1. The molecule has 1 fully saturated rings. The summed E-state index contributed by atoms with van der Waals surface area (Å²) in [5, 5.41) is 5.73. The molecule has 1 aromatic heterocycles. The van der Waals surface area contributed by atoms with Crippen LogP contribution in [0, 0.1) is 5.92 Å². The Hall–Kier alpha value is -0.670. The minimum Gasteiger partial charge on any atom is -0.308 e. The molecule has 1 saturated carbocycles. The van der Waals surface area contributed by atoms with Crippen molar-refractivity contribution >= 4 is 11.3 Å². The summed E-state index contributed by atoms with van der Waals surface area (Å²) in [7, 11) is 0. The van der Waals surface area contributed by atoms with Crippen molar-refractivity contribution in [2.75, 3.05) is 0 Å². The topological polar surface area (TPSA) is 24.9 Å². The highest BCUT2D eigenvalue weighted by atomic mass is 32.1. The highest BCUT2D eigenvalue weighted by molar-refractivity contribution is 7.07. The quantitative estimate of drug-likeness (QED) is 0.717. The third-order valence-electron chi connectivity index (χ3n) is 2.90. The molecule has 0 amide bonds. The first-order valence-corrected chi connectivity index (χ1v) is 6.56. The lowest BCUT2D eigenvalue weighted by molar-refractivity contribution is 0.434. The lowest BCUT2D eigenvalue weighted by atomic mass is 10.1. The minimum absolute atomic E-state index is 0.671. The molecule has 1 aromatic rings. The van der Waals surface area contributed by atoms with Gasteiger partial charge in [-0.05, 0) is 31.6 Å². The van der Waals surface area contributed by atoms with Crippen molar-refractivity contribution in [3.8, 4) is 0 Å². The molecule has 0 bridgehead atoms. The Balaban J connectivity index is 1.76. The molecule has 3 heteroatoms. The van der Waals surface area contributed by atoms with Crippen LogP contribution in [0.5, 0.6) is 0 Å². The molecule has 82 valence electrons. The first-order valence-electron chi connectivity index (χ1n) is 5.61. The highest BCUT2D eigenvalue weighted by Crippen LogP contribution is 2.34. The number of nitrogens with one attached hydrogen (secondary N) is 1. The fourth-order valence-corrected chi connectivity index (χ4v) is 2.42. The van der Waals surface area contributed by atoms with Crippen molar-refractivity contribution in [1.82, 2.24) is 10.3 Å². The highest BCUT2D eigenvalue weighted by Gasteiger charge is 2.30. The van der Waals surface area contributed by atoms with E-state index in [0.717, 1.165) is 18.9 Å². The molecule has 0 radical (unpaired) electrons. The Bertz CT molecular complexity index is 291. The molecule has 0 aromatic carbocycles. The van der Waals surface area contributed by atoms with Crippen molar-refractivity contribution in [3.63, 3.8) is 0 Å². The number of hydrogen-bond acceptors (Lipinski definition) is 3. The molecule has 1 atom stereocenters. The normalized spacial score (nSPS) is 17.6. The van der Waals surface area contributed by atoms with Gasteiger partial charge in [0.25, 0.3) is 0 Å². The van der Waals surface area contributed by atoms with Gasteiger partial charge in [0, 0.05) is 18.0 Å². The fourth-order valence-electron chi connectivity index (χ4n) is 1.86. The lowest BCUT2D eigenvalue weighted by Gasteiger charge is -2.16. The van der Waals surface area contributed by atoms with Crippen LogP contribution in [0.3, 0.4) is 0 Å². The van der Waals surface area contributed by atoms with Crippen molar-refractivity contribution in [3.05, 3.63) is 29.2 Å². The first-order chi connectivity index (χ1) is 7.40. The monoisotopic (exact) mass is 222 g/mol. The Labute approximate surface area is 95.4 Å². The maximum atomic E-state index is 4.28. The molecule has 0 spiro atoms. The summed E-state index contributed by atoms with van der Waals surface area (Å²) in [6.45, 7) is 4.70. The van der Waals surface area contributed by atoms with E-state index in [1.54, 1.807) is 11.3 Å². The van der Waals surface area contributed by atoms with Gasteiger partial charge in [-0.3, -0.25) is 0 Å². The number of aromatic nitrogens is 1. The molecule has 1 aliphatic carbocycles. The van der Waals surface area contributed by atoms with E-state index in [0.29, 0.717) is 6.04 Å². The van der Waals surface area contributed by atoms with E-state index in [9.17, 15) is 0 Å². The molecule has 1 aliphatic rings. The van der Waals surface area contributed by atoms with Crippen LogP contribution in [0.25, 0.3) is 0 Å². The third kappa shape index (κ3) is 3.43. The van der Waals surface area contributed by atoms with Crippen molar-refractivity contribution in [2.45, 2.75) is 38.3 Å². The molecule has 15 heavy (non-hydrogen) atoms. The maximum absolute atomic E-state index is 4.28. The van der Waals surface area contributed by atoms with Crippen molar-refractivity contribution in [1.29, 1.82) is 0 Å². The molecule has 2 nitrogen and oxygen atoms in total. The smallest absolute Gasteiger partial charge is 0.0795 e. The third-order valence-corrected chi connectivity index (χ3v) is 3.54. The molecule has 1 heterocycles. The number of allylic oxidation sites excluding steroid dienone is 1. The van der Waals surface area contributed by atoms with Crippen LogP contribution in [0.4, 0.5) is 0 Å². The van der Waals surface area contributed by atoms with Crippen molar-refractivity contribution < 1.29 is 0 Å². The van der Waals surface area contributed by atoms with Crippen LogP contribution in [-0.4, -0.2) is 11.0 Å². The summed E-state index contributed by atoms with van der Waals surface area (Å²) in [6, 6.07) is 0.671. The van der Waals surface area contributed by atoms with Gasteiger partial charge >= 0.3 is 0 Å². The van der Waals surface area contributed by atoms with Gasteiger partial charge in [0.1, 0.15) is 0 Å². The molecule has 1 N–H and O–H groups in total. The SMILES string of the molecule is C=CCCC(NCc1cscn1)C1CC1. The van der Waals surface area contributed by atoms with E-state index in [-0.39, 0.29) is 0 Å². The number of nitrogens with zero attached hydrogens (tertiary/aromatic N) is 1. The zero-order chi connectivity index (χ0) is 10.5. The van der Waals surface area contributed by atoms with Gasteiger partial charge in [0.15, 0.2) is 0 Å². The van der Waals surface area contributed by atoms with Gasteiger partial charge in [-0.25, -0.2) is 4.98 Å². The zero-order valence-electron chi connectivity index (χ0n) is 8.98. The van der Waals surface area contributed by atoms with Gasteiger partial charge in [-0.1, -0.05) is 6.08 Å². The second kappa shape index (κ2) is 5.42. The van der Waals surface area contributed by atoms with Gasteiger partial charge in [-0.2, -0.15) is 0 Å². The summed E-state index contributed by atoms with van der Waals surface area (Å²) in [6.07, 6.45) is 7.14. The van der Waals surface area contributed by atoms with Crippen LogP contribution in [0.1, 0.15) is 31.4 Å². The summed E-state index contributed by atoms with van der Waals surface area (Å²) in [5.74, 6) is 0.906. The van der Waals surface area contributed by atoms with Gasteiger partial charge in [0.2, 0.25) is 0 Å². The van der Waals surface area contributed by atoms with E-state index in [1.165, 1.54) is 25.0 Å². The van der Waals surface area contributed by atoms with E-state index in [2.05, 4.69) is 22.3 Å². The Kier molecular flexibility index (Phi) is 3.92. The predicted molar refractivity (Wildman–Crippen MR) is 64.9 cm³/mol. The molecular formula is C12H18N2S. The van der Waals surface area contributed by atoms with E-state index in [4.69, 9.17) is 0 Å². The first kappa shape index (κ1) is 10.8. The van der Waals surface area contributed by atoms with Crippen molar-refractivity contribution in [2.24, 2.45) is 5.92 Å². The van der Waals surface area contributed by atoms with Crippen LogP contribution in [-0.2, 0) is 6.54 Å². The van der Waals surface area contributed by atoms with Crippen LogP contribution < -0.4 is 5.32 Å². The van der Waals surface area contributed by atoms with E-state index < -0.39 is 0 Å². The molecule has 0 saturated heterocycles. The van der Waals surface area contributed by atoms with Crippen LogP contribution in [0.15, 0.2) is 23.5 Å². The van der Waals surface area contributed by atoms with Gasteiger partial charge < -0.3 is 5.32 Å². The molecule has 1 unspecified atom stereocenters. The zero-order valence-corrected chi connectivity index (χ0v) is 9.80. The largest absolute Gasteiger partial charge is 0.308 e.